The maximum atomic E-state index is 11.9. The topological polar surface area (TPSA) is 40.5 Å². The Labute approximate surface area is 108 Å². The van der Waals surface area contributed by atoms with Gasteiger partial charge >= 0.3 is 0 Å². The first kappa shape index (κ1) is 14.3. The first-order chi connectivity index (χ1) is 8.11. The fraction of sp³-hybridized carbons (Fsp3) is 0.692. The molecule has 4 heteroatoms. The van der Waals surface area contributed by atoms with E-state index in [9.17, 15) is 4.79 Å². The minimum atomic E-state index is -0.301. The minimum Gasteiger partial charge on any atom is -0.376 e. The third-order valence-corrected chi connectivity index (χ3v) is 3.56. The lowest BCUT2D eigenvalue weighted by Crippen LogP contribution is -2.29. The fourth-order valence-electron chi connectivity index (χ4n) is 2.04. The molecule has 17 heavy (non-hydrogen) atoms. The summed E-state index contributed by atoms with van der Waals surface area (Å²) in [7, 11) is 0. The van der Waals surface area contributed by atoms with Gasteiger partial charge in [0.25, 0.3) is 5.91 Å². The van der Waals surface area contributed by atoms with Gasteiger partial charge in [-0.25, -0.2) is 0 Å². The Morgan fingerprint density at radius 3 is 2.65 bits per heavy atom. The summed E-state index contributed by atoms with van der Waals surface area (Å²) in [6.07, 6.45) is 6.29. The van der Waals surface area contributed by atoms with E-state index in [0.29, 0.717) is 11.4 Å². The molecular weight excluding hydrogens is 234 g/mol. The maximum Gasteiger partial charge on any atom is 0.256 e. The van der Waals surface area contributed by atoms with Gasteiger partial charge in [0.15, 0.2) is 0 Å². The molecule has 0 spiro atoms. The normalized spacial score (nSPS) is 19.1. The number of likely N-dealkylation sites (tertiary alicyclic amines) is 1. The lowest BCUT2D eigenvalue weighted by atomic mass is 10.0. The molecule has 1 saturated heterocycles. The molecule has 0 aromatic heterocycles. The second kappa shape index (κ2) is 6.87. The Hall–Kier alpha value is -0.740. The summed E-state index contributed by atoms with van der Waals surface area (Å²) in [5, 5.41) is 9.05. The summed E-state index contributed by atoms with van der Waals surface area (Å²) >= 11 is 5.08. The molecule has 0 radical (unpaired) electrons. The molecule has 0 aliphatic carbocycles. The van der Waals surface area contributed by atoms with Gasteiger partial charge in [-0.2, -0.15) is 0 Å². The molecule has 3 nitrogen and oxygen atoms in total. The van der Waals surface area contributed by atoms with E-state index in [1.54, 1.807) is 0 Å². The number of aliphatic hydroxyl groups excluding tert-OH is 1. The third-order valence-electron chi connectivity index (χ3n) is 3.19. The van der Waals surface area contributed by atoms with E-state index >= 15 is 0 Å². The second-order valence-electron chi connectivity index (χ2n) is 4.51. The van der Waals surface area contributed by atoms with Crippen molar-refractivity contribution in [1.82, 2.24) is 4.90 Å². The van der Waals surface area contributed by atoms with Crippen LogP contribution in [0.3, 0.4) is 0 Å². The predicted molar refractivity (Wildman–Crippen MR) is 72.6 cm³/mol. The molecule has 0 bridgehead atoms. The largest absolute Gasteiger partial charge is 0.376 e. The number of hydrogen-bond acceptors (Lipinski definition) is 3. The van der Waals surface area contributed by atoms with Crippen molar-refractivity contribution < 1.29 is 9.90 Å². The van der Waals surface area contributed by atoms with Gasteiger partial charge < -0.3 is 5.11 Å². The number of thiocarbonyl (C=S) groups is 1. The number of hydrogen-bond donors (Lipinski definition) is 1. The predicted octanol–water partition coefficient (Wildman–Crippen LogP) is 2.78. The second-order valence-corrected chi connectivity index (χ2v) is 4.99. The van der Waals surface area contributed by atoms with Crippen molar-refractivity contribution >= 4 is 23.1 Å². The zero-order valence-electron chi connectivity index (χ0n) is 10.7. The molecule has 0 aromatic carbocycles. The van der Waals surface area contributed by atoms with E-state index in [1.807, 2.05) is 6.92 Å². The van der Waals surface area contributed by atoms with Gasteiger partial charge in [0.05, 0.1) is 4.99 Å². The van der Waals surface area contributed by atoms with Crippen molar-refractivity contribution in [2.45, 2.75) is 52.4 Å². The Morgan fingerprint density at radius 2 is 2.12 bits per heavy atom. The number of nitrogens with zero attached hydrogens (tertiary/aromatic N) is 1. The molecule has 0 saturated carbocycles. The maximum absolute atomic E-state index is 11.9. The quantitative estimate of drug-likeness (QED) is 0.451. The summed E-state index contributed by atoms with van der Waals surface area (Å²) in [5.74, 6) is -0.106. The molecule has 0 aromatic rings. The van der Waals surface area contributed by atoms with Crippen LogP contribution in [-0.2, 0) is 4.79 Å². The molecule has 1 amide bonds. The molecule has 1 heterocycles. The first-order valence-corrected chi connectivity index (χ1v) is 6.66. The fourth-order valence-corrected chi connectivity index (χ4v) is 2.33. The van der Waals surface area contributed by atoms with Crippen LogP contribution >= 0.6 is 12.2 Å². The van der Waals surface area contributed by atoms with E-state index in [0.717, 1.165) is 24.0 Å². The molecule has 96 valence electrons. The van der Waals surface area contributed by atoms with Crippen LogP contribution in [0.1, 0.15) is 52.4 Å². The average molecular weight is 255 g/mol. The number of unbranched alkanes of at least 4 members (excludes halogenated alkanes) is 3. The molecule has 1 rings (SSSR count). The van der Waals surface area contributed by atoms with Crippen LogP contribution in [0.5, 0.6) is 0 Å². The SMILES string of the molecule is CCCCCC/C(C)=C1/CC(=S)N(CO)C1=O. The summed E-state index contributed by atoms with van der Waals surface area (Å²) in [6.45, 7) is 3.89. The van der Waals surface area contributed by atoms with Crippen LogP contribution in [0.4, 0.5) is 0 Å². The number of amides is 1. The summed E-state index contributed by atoms with van der Waals surface area (Å²) < 4.78 is 0. The smallest absolute Gasteiger partial charge is 0.256 e. The van der Waals surface area contributed by atoms with Gasteiger partial charge in [-0.3, -0.25) is 9.69 Å². The molecule has 0 atom stereocenters. The Kier molecular flexibility index (Phi) is 5.78. The van der Waals surface area contributed by atoms with Crippen LogP contribution in [0, 0.1) is 0 Å². The molecular formula is C13H21NO2S. The van der Waals surface area contributed by atoms with E-state index in [2.05, 4.69) is 6.92 Å². The van der Waals surface area contributed by atoms with E-state index in [1.165, 1.54) is 24.2 Å². The number of allylic oxidation sites excluding steroid dienone is 1. The van der Waals surface area contributed by atoms with Crippen molar-refractivity contribution in [2.75, 3.05) is 6.73 Å². The number of aliphatic hydroxyl groups is 1. The average Bonchev–Trinajstić information content (AvgIpc) is 2.60. The van der Waals surface area contributed by atoms with Crippen LogP contribution in [0.15, 0.2) is 11.1 Å². The van der Waals surface area contributed by atoms with E-state index in [-0.39, 0.29) is 12.6 Å². The van der Waals surface area contributed by atoms with Gasteiger partial charge in [-0.1, -0.05) is 44.0 Å². The van der Waals surface area contributed by atoms with Crippen LogP contribution in [-0.4, -0.2) is 27.6 Å². The van der Waals surface area contributed by atoms with Crippen molar-refractivity contribution in [2.24, 2.45) is 0 Å². The molecule has 1 aliphatic heterocycles. The summed E-state index contributed by atoms with van der Waals surface area (Å²) in [5.41, 5.74) is 1.92. The van der Waals surface area contributed by atoms with Gasteiger partial charge in [0, 0.05) is 12.0 Å². The zero-order chi connectivity index (χ0) is 12.8. The molecule has 1 aliphatic rings. The third kappa shape index (κ3) is 3.61. The molecule has 1 N–H and O–H groups in total. The Morgan fingerprint density at radius 1 is 1.41 bits per heavy atom. The standard InChI is InChI=1S/C13H21NO2S/c1-3-4-5-6-7-10(2)11-8-12(17)14(9-15)13(11)16/h15H,3-9H2,1-2H3/b11-10-. The Bertz CT molecular complexity index is 336. The highest BCUT2D eigenvalue weighted by atomic mass is 32.1. The number of rotatable bonds is 6. The van der Waals surface area contributed by atoms with Gasteiger partial charge in [-0.15, -0.1) is 0 Å². The van der Waals surface area contributed by atoms with Crippen molar-refractivity contribution in [3.63, 3.8) is 0 Å². The monoisotopic (exact) mass is 255 g/mol. The van der Waals surface area contributed by atoms with Gasteiger partial charge in [-0.05, 0) is 19.8 Å². The summed E-state index contributed by atoms with van der Waals surface area (Å²) in [6, 6.07) is 0. The Balaban J connectivity index is 2.58. The lowest BCUT2D eigenvalue weighted by Gasteiger charge is -2.10. The van der Waals surface area contributed by atoms with Crippen LogP contribution in [0.25, 0.3) is 0 Å². The molecule has 0 unspecified atom stereocenters. The van der Waals surface area contributed by atoms with E-state index < -0.39 is 0 Å². The zero-order valence-corrected chi connectivity index (χ0v) is 11.5. The number of carbonyl (C=O) groups excluding carboxylic acids is 1. The van der Waals surface area contributed by atoms with Crippen LogP contribution in [0.2, 0.25) is 0 Å². The molecule has 1 fully saturated rings. The first-order valence-electron chi connectivity index (χ1n) is 6.26. The van der Waals surface area contributed by atoms with Crippen molar-refractivity contribution in [3.8, 4) is 0 Å². The highest BCUT2D eigenvalue weighted by Crippen LogP contribution is 2.25. The lowest BCUT2D eigenvalue weighted by molar-refractivity contribution is -0.124. The minimum absolute atomic E-state index is 0.106. The van der Waals surface area contributed by atoms with Crippen molar-refractivity contribution in [3.05, 3.63) is 11.1 Å². The number of carbonyl (C=O) groups is 1. The van der Waals surface area contributed by atoms with Crippen molar-refractivity contribution in [1.29, 1.82) is 0 Å². The van der Waals surface area contributed by atoms with E-state index in [4.69, 9.17) is 17.3 Å². The van der Waals surface area contributed by atoms with Crippen LogP contribution < -0.4 is 0 Å². The summed E-state index contributed by atoms with van der Waals surface area (Å²) in [4.78, 5) is 13.7. The highest BCUT2D eigenvalue weighted by molar-refractivity contribution is 7.80. The van der Waals surface area contributed by atoms with Gasteiger partial charge in [0.2, 0.25) is 0 Å². The highest BCUT2D eigenvalue weighted by Gasteiger charge is 2.31. The van der Waals surface area contributed by atoms with Gasteiger partial charge in [0.1, 0.15) is 6.73 Å².